The van der Waals surface area contributed by atoms with E-state index in [0.717, 1.165) is 0 Å². The van der Waals surface area contributed by atoms with E-state index in [0.29, 0.717) is 39.4 Å². The minimum absolute atomic E-state index is 0.197. The fourth-order valence-electron chi connectivity index (χ4n) is 3.63. The van der Waals surface area contributed by atoms with Gasteiger partial charge in [-0.3, -0.25) is 4.79 Å². The minimum Gasteiger partial charge on any atom is -0.507 e. The molecule has 0 bridgehead atoms. The average Bonchev–Trinajstić information content (AvgIpc) is 2.85. The summed E-state index contributed by atoms with van der Waals surface area (Å²) in [6.45, 7) is 11.9. The number of azo groups is 1. The fourth-order valence-corrected chi connectivity index (χ4v) is 3.63. The predicted molar refractivity (Wildman–Crippen MR) is 143 cm³/mol. The van der Waals surface area contributed by atoms with Crippen LogP contribution in [-0.4, -0.2) is 24.1 Å². The highest BCUT2D eigenvalue weighted by atomic mass is 16.7. The highest BCUT2D eigenvalue weighted by Gasteiger charge is 2.27. The number of phenolic OH excluding ortho intramolecular Hbond substituents is 1. The summed E-state index contributed by atoms with van der Waals surface area (Å²) in [6.07, 6.45) is 0. The first-order chi connectivity index (χ1) is 17.3. The van der Waals surface area contributed by atoms with E-state index in [1.807, 2.05) is 41.5 Å². The largest absolute Gasteiger partial charge is 0.507 e. The first kappa shape index (κ1) is 27.4. The molecule has 1 amide bonds. The number of ether oxygens (including phenoxy) is 1. The first-order valence-electron chi connectivity index (χ1n) is 11.9. The maximum Gasteiger partial charge on any atom is 0.366 e. The van der Waals surface area contributed by atoms with Gasteiger partial charge in [-0.15, -0.1) is 10.2 Å². The van der Waals surface area contributed by atoms with Gasteiger partial charge in [-0.2, -0.15) is 0 Å². The van der Waals surface area contributed by atoms with Gasteiger partial charge in [0.05, 0.1) is 18.5 Å². The molecule has 0 radical (unpaired) electrons. The molecule has 0 heterocycles. The van der Waals surface area contributed by atoms with Gasteiger partial charge < -0.3 is 14.7 Å². The van der Waals surface area contributed by atoms with E-state index in [1.54, 1.807) is 60.7 Å². The summed E-state index contributed by atoms with van der Waals surface area (Å²) in [5.74, 6) is -0.496. The normalized spacial score (nSPS) is 11.9. The lowest BCUT2D eigenvalue weighted by atomic mass is 9.78. The van der Waals surface area contributed by atoms with Gasteiger partial charge >= 0.3 is 5.97 Å². The van der Waals surface area contributed by atoms with Crippen LogP contribution < -0.4 is 10.2 Å². The van der Waals surface area contributed by atoms with Crippen LogP contribution in [-0.2, 0) is 15.7 Å². The van der Waals surface area contributed by atoms with Crippen molar-refractivity contribution in [1.82, 2.24) is 0 Å². The molecule has 0 unspecified atom stereocenters. The Bertz CT molecular complexity index is 1280. The Kier molecular flexibility index (Phi) is 8.01. The van der Waals surface area contributed by atoms with Crippen molar-refractivity contribution in [2.24, 2.45) is 10.2 Å². The molecule has 8 heteroatoms. The molecule has 3 rings (SSSR count). The van der Waals surface area contributed by atoms with Crippen molar-refractivity contribution >= 4 is 23.3 Å². The number of hydrogen-bond acceptors (Lipinski definition) is 7. The van der Waals surface area contributed by atoms with Crippen molar-refractivity contribution in [3.8, 4) is 11.5 Å². The summed E-state index contributed by atoms with van der Waals surface area (Å²) in [4.78, 5) is 30.4. The lowest BCUT2D eigenvalue weighted by Crippen LogP contribution is -2.18. The molecule has 0 aliphatic carbocycles. The van der Waals surface area contributed by atoms with Gasteiger partial charge in [0.2, 0.25) is 0 Å². The molecular weight excluding hydrogens is 470 g/mol. The summed E-state index contributed by atoms with van der Waals surface area (Å²) >= 11 is 0. The number of nitrogens with zero attached hydrogens (tertiary/aromatic N) is 2. The molecule has 194 valence electrons. The second kappa shape index (κ2) is 10.8. The summed E-state index contributed by atoms with van der Waals surface area (Å²) < 4.78 is 5.17. The standard InChI is InChI=1S/C29H33N3O5/c1-28(2,3)22-16-18(17-23(25(22)33)29(4,5)6)26(34)31-30-19-12-14-20(15-13-19)32-37-27(35)21-10-8-9-11-24(21)36-7/h8-17,32-33H,1-7H3. The lowest BCUT2D eigenvalue weighted by Gasteiger charge is -2.27. The molecule has 37 heavy (non-hydrogen) atoms. The van der Waals surface area contributed by atoms with Crippen molar-refractivity contribution in [3.05, 3.63) is 82.9 Å². The number of rotatable bonds is 6. The minimum atomic E-state index is -0.593. The van der Waals surface area contributed by atoms with Gasteiger partial charge in [-0.05, 0) is 59.4 Å². The van der Waals surface area contributed by atoms with Crippen molar-refractivity contribution < 1.29 is 24.3 Å². The number of benzene rings is 3. The molecule has 3 aromatic carbocycles. The van der Waals surface area contributed by atoms with Crippen LogP contribution in [0.15, 0.2) is 70.9 Å². The Balaban J connectivity index is 1.73. The zero-order chi connectivity index (χ0) is 27.4. The molecule has 0 saturated heterocycles. The molecular formula is C29H33N3O5. The topological polar surface area (TPSA) is 110 Å². The van der Waals surface area contributed by atoms with Gasteiger partial charge in [0, 0.05) is 16.7 Å². The number of methoxy groups -OCH3 is 1. The number of amides is 1. The van der Waals surface area contributed by atoms with Crippen LogP contribution in [0.2, 0.25) is 0 Å². The Morgan fingerprint density at radius 1 is 0.865 bits per heavy atom. The lowest BCUT2D eigenvalue weighted by molar-refractivity contribution is 0.0592. The number of phenols is 1. The number of carbonyl (C=O) groups is 2. The van der Waals surface area contributed by atoms with Crippen LogP contribution in [0.5, 0.6) is 11.5 Å². The number of para-hydroxylation sites is 1. The van der Waals surface area contributed by atoms with E-state index in [2.05, 4.69) is 15.7 Å². The third-order valence-corrected chi connectivity index (χ3v) is 5.68. The van der Waals surface area contributed by atoms with Gasteiger partial charge in [0.25, 0.3) is 5.91 Å². The number of carbonyl (C=O) groups excluding carboxylic acids is 2. The Morgan fingerprint density at radius 2 is 1.43 bits per heavy atom. The zero-order valence-electron chi connectivity index (χ0n) is 22.2. The van der Waals surface area contributed by atoms with Crippen LogP contribution in [0, 0.1) is 0 Å². The van der Waals surface area contributed by atoms with Crippen molar-refractivity contribution in [3.63, 3.8) is 0 Å². The van der Waals surface area contributed by atoms with E-state index in [1.165, 1.54) is 7.11 Å². The highest BCUT2D eigenvalue weighted by molar-refractivity contribution is 5.95. The van der Waals surface area contributed by atoms with Gasteiger partial charge in [0.1, 0.15) is 17.1 Å². The molecule has 0 aliphatic heterocycles. The second-order valence-corrected chi connectivity index (χ2v) is 10.7. The van der Waals surface area contributed by atoms with E-state index in [-0.39, 0.29) is 16.6 Å². The maximum absolute atomic E-state index is 12.9. The second-order valence-electron chi connectivity index (χ2n) is 10.7. The van der Waals surface area contributed by atoms with Crippen LogP contribution in [0.25, 0.3) is 0 Å². The SMILES string of the molecule is COc1ccccc1C(=O)ONc1ccc(N=NC(=O)c2cc(C(C)(C)C)c(O)c(C(C)(C)C)c2)cc1. The third-order valence-electron chi connectivity index (χ3n) is 5.68. The van der Waals surface area contributed by atoms with Gasteiger partial charge in [-0.25, -0.2) is 10.3 Å². The fraction of sp³-hybridized carbons (Fsp3) is 0.310. The quantitative estimate of drug-likeness (QED) is 0.274. The number of nitrogens with one attached hydrogen (secondary N) is 1. The van der Waals surface area contributed by atoms with Crippen LogP contribution in [0.3, 0.4) is 0 Å². The van der Waals surface area contributed by atoms with E-state index in [9.17, 15) is 14.7 Å². The van der Waals surface area contributed by atoms with E-state index < -0.39 is 11.9 Å². The van der Waals surface area contributed by atoms with Crippen molar-refractivity contribution in [2.45, 2.75) is 52.4 Å². The maximum atomic E-state index is 12.9. The molecule has 0 spiro atoms. The van der Waals surface area contributed by atoms with Crippen LogP contribution >= 0.6 is 0 Å². The van der Waals surface area contributed by atoms with E-state index in [4.69, 9.17) is 9.57 Å². The molecule has 0 fully saturated rings. The Morgan fingerprint density at radius 3 is 1.97 bits per heavy atom. The molecule has 8 nitrogen and oxygen atoms in total. The molecule has 0 saturated carbocycles. The number of hydrogen-bond donors (Lipinski definition) is 2. The molecule has 3 aromatic rings. The van der Waals surface area contributed by atoms with Gasteiger partial charge in [0.15, 0.2) is 0 Å². The summed E-state index contributed by atoms with van der Waals surface area (Å²) in [6, 6.07) is 16.7. The van der Waals surface area contributed by atoms with Gasteiger partial charge in [-0.1, -0.05) is 53.7 Å². The van der Waals surface area contributed by atoms with Crippen molar-refractivity contribution in [1.29, 1.82) is 0 Å². The molecule has 0 aliphatic rings. The van der Waals surface area contributed by atoms with Crippen LogP contribution in [0.4, 0.5) is 11.4 Å². The molecule has 2 N–H and O–H groups in total. The predicted octanol–water partition coefficient (Wildman–Crippen LogP) is 7.10. The summed E-state index contributed by atoms with van der Waals surface area (Å²) in [5, 5.41) is 18.8. The Hall–Kier alpha value is -4.20. The summed E-state index contributed by atoms with van der Waals surface area (Å²) in [5.41, 5.74) is 4.82. The number of anilines is 1. The third kappa shape index (κ3) is 6.73. The smallest absolute Gasteiger partial charge is 0.366 e. The average molecular weight is 504 g/mol. The van der Waals surface area contributed by atoms with Crippen molar-refractivity contribution in [2.75, 3.05) is 12.6 Å². The first-order valence-corrected chi connectivity index (χ1v) is 11.9. The van der Waals surface area contributed by atoms with E-state index >= 15 is 0 Å². The monoisotopic (exact) mass is 503 g/mol. The zero-order valence-corrected chi connectivity index (χ0v) is 22.2. The Labute approximate surface area is 217 Å². The number of aromatic hydroxyl groups is 1. The molecule has 0 aromatic heterocycles. The molecule has 0 atom stereocenters. The summed E-state index contributed by atoms with van der Waals surface area (Å²) in [7, 11) is 1.48. The van der Waals surface area contributed by atoms with Crippen LogP contribution in [0.1, 0.15) is 73.4 Å². The highest BCUT2D eigenvalue weighted by Crippen LogP contribution is 2.40.